The van der Waals surface area contributed by atoms with Gasteiger partial charge in [-0.05, 0) is 38.3 Å². The Morgan fingerprint density at radius 1 is 1.38 bits per heavy atom. The van der Waals surface area contributed by atoms with E-state index in [4.69, 9.17) is 5.73 Å². The zero-order valence-electron chi connectivity index (χ0n) is 13.8. The van der Waals surface area contributed by atoms with Crippen LogP contribution < -0.4 is 10.6 Å². The third-order valence-corrected chi connectivity index (χ3v) is 5.63. The average molecular weight is 370 g/mol. The smallest absolute Gasteiger partial charge is 0.242 e. The van der Waals surface area contributed by atoms with Gasteiger partial charge in [-0.15, -0.1) is 24.2 Å². The number of likely N-dealkylation sites (tertiary alicyclic amines) is 1. The molecular formula is C17H24ClN3O2S. The number of carbonyl (C=O) groups excluding carboxylic acids is 2. The fraction of sp³-hybridized carbons (Fsp3) is 0.529. The van der Waals surface area contributed by atoms with Crippen molar-refractivity contribution in [2.24, 2.45) is 5.73 Å². The summed E-state index contributed by atoms with van der Waals surface area (Å²) in [5.41, 5.74) is 6.90. The predicted octanol–water partition coefficient (Wildman–Crippen LogP) is 2.28. The van der Waals surface area contributed by atoms with E-state index in [0.717, 1.165) is 36.4 Å². The molecule has 2 amide bonds. The third-order valence-electron chi connectivity index (χ3n) is 4.58. The molecule has 132 valence electrons. The van der Waals surface area contributed by atoms with Gasteiger partial charge in [-0.25, -0.2) is 0 Å². The number of benzene rings is 1. The van der Waals surface area contributed by atoms with Crippen LogP contribution >= 0.6 is 24.2 Å². The van der Waals surface area contributed by atoms with E-state index >= 15 is 0 Å². The van der Waals surface area contributed by atoms with E-state index in [1.165, 1.54) is 11.8 Å². The number of nitrogens with zero attached hydrogens (tertiary/aromatic N) is 2. The Morgan fingerprint density at radius 2 is 2.12 bits per heavy atom. The second-order valence-electron chi connectivity index (χ2n) is 6.25. The second kappa shape index (κ2) is 8.23. The van der Waals surface area contributed by atoms with E-state index in [9.17, 15) is 9.59 Å². The van der Waals surface area contributed by atoms with Crippen LogP contribution in [0.15, 0.2) is 29.2 Å². The number of rotatable bonds is 3. The summed E-state index contributed by atoms with van der Waals surface area (Å²) < 4.78 is 0. The molecule has 5 nitrogen and oxygen atoms in total. The van der Waals surface area contributed by atoms with Crippen LogP contribution in [0, 0.1) is 0 Å². The Balaban J connectivity index is 0.00000208. The number of hydrogen-bond donors (Lipinski definition) is 1. The van der Waals surface area contributed by atoms with E-state index in [0.29, 0.717) is 5.75 Å². The summed E-state index contributed by atoms with van der Waals surface area (Å²) in [4.78, 5) is 29.7. The van der Waals surface area contributed by atoms with Gasteiger partial charge in [0, 0.05) is 23.5 Å². The summed E-state index contributed by atoms with van der Waals surface area (Å²) in [7, 11) is 0. The molecule has 1 aromatic rings. The molecule has 0 aromatic heterocycles. The average Bonchev–Trinajstić information content (AvgIpc) is 2.57. The SMILES string of the molecule is CC(N)C1CCCCN1C(=O)CN1C(=O)CSc2ccccc21.Cl. The maximum atomic E-state index is 12.8. The van der Waals surface area contributed by atoms with Crippen molar-refractivity contribution in [3.63, 3.8) is 0 Å². The summed E-state index contributed by atoms with van der Waals surface area (Å²) in [5.74, 6) is 0.388. The molecule has 1 fully saturated rings. The number of para-hydroxylation sites is 1. The Bertz CT molecular complexity index is 611. The second-order valence-corrected chi connectivity index (χ2v) is 7.26. The minimum atomic E-state index is -0.0425. The molecule has 0 saturated carbocycles. The van der Waals surface area contributed by atoms with Crippen molar-refractivity contribution in [2.75, 3.05) is 23.7 Å². The van der Waals surface area contributed by atoms with Gasteiger partial charge < -0.3 is 15.5 Å². The lowest BCUT2D eigenvalue weighted by Crippen LogP contribution is -2.55. The highest BCUT2D eigenvalue weighted by Gasteiger charge is 2.32. The molecule has 1 aromatic carbocycles. The maximum Gasteiger partial charge on any atom is 0.242 e. The van der Waals surface area contributed by atoms with Crippen molar-refractivity contribution >= 4 is 41.7 Å². The van der Waals surface area contributed by atoms with Crippen molar-refractivity contribution in [2.45, 2.75) is 43.2 Å². The number of anilines is 1. The van der Waals surface area contributed by atoms with Crippen LogP contribution in [0.25, 0.3) is 0 Å². The summed E-state index contributed by atoms with van der Waals surface area (Å²) in [5, 5.41) is 0. The van der Waals surface area contributed by atoms with E-state index in [-0.39, 0.29) is 42.8 Å². The Hall–Kier alpha value is -1.24. The first-order valence-corrected chi connectivity index (χ1v) is 9.13. The Morgan fingerprint density at radius 3 is 2.88 bits per heavy atom. The number of carbonyl (C=O) groups is 2. The largest absolute Gasteiger partial charge is 0.337 e. The van der Waals surface area contributed by atoms with Gasteiger partial charge in [-0.1, -0.05) is 12.1 Å². The molecular weight excluding hydrogens is 346 g/mol. The summed E-state index contributed by atoms with van der Waals surface area (Å²) in [6.45, 7) is 2.80. The van der Waals surface area contributed by atoms with Gasteiger partial charge in [-0.3, -0.25) is 9.59 Å². The van der Waals surface area contributed by atoms with E-state index in [2.05, 4.69) is 0 Å². The molecule has 0 bridgehead atoms. The van der Waals surface area contributed by atoms with Gasteiger partial charge >= 0.3 is 0 Å². The van der Waals surface area contributed by atoms with Crippen LogP contribution in [0.3, 0.4) is 0 Å². The first kappa shape index (κ1) is 19.1. The zero-order chi connectivity index (χ0) is 16.4. The van der Waals surface area contributed by atoms with E-state index in [1.807, 2.05) is 36.1 Å². The highest BCUT2D eigenvalue weighted by molar-refractivity contribution is 8.00. The summed E-state index contributed by atoms with van der Waals surface area (Å²) in [6, 6.07) is 7.81. The molecule has 0 radical (unpaired) electrons. The van der Waals surface area contributed by atoms with Crippen molar-refractivity contribution in [3.8, 4) is 0 Å². The van der Waals surface area contributed by atoms with E-state index < -0.39 is 0 Å². The summed E-state index contributed by atoms with van der Waals surface area (Å²) in [6.07, 6.45) is 3.07. The van der Waals surface area contributed by atoms with Gasteiger partial charge in [0.2, 0.25) is 11.8 Å². The fourth-order valence-electron chi connectivity index (χ4n) is 3.37. The monoisotopic (exact) mass is 369 g/mol. The Kier molecular flexibility index (Phi) is 6.54. The molecule has 2 aliphatic rings. The van der Waals surface area contributed by atoms with Crippen molar-refractivity contribution in [1.82, 2.24) is 4.90 Å². The number of amides is 2. The van der Waals surface area contributed by atoms with Crippen molar-refractivity contribution < 1.29 is 9.59 Å². The molecule has 24 heavy (non-hydrogen) atoms. The lowest BCUT2D eigenvalue weighted by Gasteiger charge is -2.39. The zero-order valence-corrected chi connectivity index (χ0v) is 15.4. The molecule has 0 aliphatic carbocycles. The highest BCUT2D eigenvalue weighted by atomic mass is 35.5. The Labute approximate surface area is 153 Å². The fourth-order valence-corrected chi connectivity index (χ4v) is 4.30. The highest BCUT2D eigenvalue weighted by Crippen LogP contribution is 2.35. The number of halogens is 1. The topological polar surface area (TPSA) is 66.6 Å². The molecule has 1 saturated heterocycles. The minimum Gasteiger partial charge on any atom is -0.337 e. The molecule has 2 N–H and O–H groups in total. The number of thioether (sulfide) groups is 1. The van der Waals surface area contributed by atoms with Gasteiger partial charge in [0.15, 0.2) is 0 Å². The quantitative estimate of drug-likeness (QED) is 0.887. The molecule has 0 spiro atoms. The first-order valence-electron chi connectivity index (χ1n) is 8.15. The molecule has 2 unspecified atom stereocenters. The number of hydrogen-bond acceptors (Lipinski definition) is 4. The van der Waals surface area contributed by atoms with Gasteiger partial charge in [0.25, 0.3) is 0 Å². The third kappa shape index (κ3) is 3.87. The summed E-state index contributed by atoms with van der Waals surface area (Å²) >= 11 is 1.53. The predicted molar refractivity (Wildman–Crippen MR) is 99.8 cm³/mol. The van der Waals surface area contributed by atoms with E-state index in [1.54, 1.807) is 4.90 Å². The molecule has 7 heteroatoms. The van der Waals surface area contributed by atoms with Gasteiger partial charge in [0.05, 0.1) is 11.4 Å². The number of piperidine rings is 1. The van der Waals surface area contributed by atoms with Gasteiger partial charge in [-0.2, -0.15) is 0 Å². The van der Waals surface area contributed by atoms with Crippen molar-refractivity contribution in [1.29, 1.82) is 0 Å². The van der Waals surface area contributed by atoms with Crippen LogP contribution in [0.1, 0.15) is 26.2 Å². The van der Waals surface area contributed by atoms with Crippen molar-refractivity contribution in [3.05, 3.63) is 24.3 Å². The molecule has 2 aliphatic heterocycles. The lowest BCUT2D eigenvalue weighted by molar-refractivity contribution is -0.135. The standard InChI is InChI=1S/C17H23N3O2S.ClH/c1-12(18)13-6-4-5-9-19(13)16(21)10-20-14-7-2-3-8-15(14)23-11-17(20)22;/h2-3,7-8,12-13H,4-6,9-11,18H2,1H3;1H. The van der Waals surface area contributed by atoms with Crippen LogP contribution in [0.5, 0.6) is 0 Å². The first-order chi connectivity index (χ1) is 11.1. The lowest BCUT2D eigenvalue weighted by atomic mass is 9.97. The van der Waals surface area contributed by atoms with Crippen LogP contribution in [-0.4, -0.2) is 47.6 Å². The molecule has 2 atom stereocenters. The molecule has 2 heterocycles. The normalized spacial score (nSPS) is 21.8. The van der Waals surface area contributed by atoms with Crippen LogP contribution in [-0.2, 0) is 9.59 Å². The van der Waals surface area contributed by atoms with Crippen LogP contribution in [0.4, 0.5) is 5.69 Å². The van der Waals surface area contributed by atoms with Gasteiger partial charge in [0.1, 0.15) is 6.54 Å². The number of fused-ring (bicyclic) bond motifs is 1. The minimum absolute atomic E-state index is 0. The number of nitrogens with two attached hydrogens (primary N) is 1. The molecule has 3 rings (SSSR count). The van der Waals surface area contributed by atoms with Crippen LogP contribution in [0.2, 0.25) is 0 Å². The maximum absolute atomic E-state index is 12.8.